The van der Waals surface area contributed by atoms with Gasteiger partial charge in [-0.2, -0.15) is 13.2 Å². The van der Waals surface area contributed by atoms with Crippen LogP contribution in [0.3, 0.4) is 0 Å². The van der Waals surface area contributed by atoms with Gasteiger partial charge >= 0.3 is 6.18 Å². The van der Waals surface area contributed by atoms with Crippen molar-refractivity contribution in [1.82, 2.24) is 4.90 Å². The van der Waals surface area contributed by atoms with Gasteiger partial charge < -0.3 is 16.0 Å². The number of nitrogens with two attached hydrogens (primary N) is 1. The first-order valence-electron chi connectivity index (χ1n) is 7.10. The first-order valence-corrected chi connectivity index (χ1v) is 7.48. The van der Waals surface area contributed by atoms with E-state index < -0.39 is 34.6 Å². The average molecular weight is 366 g/mol. The number of benzene rings is 1. The SMILES string of the molecule is CC(C)[C@H](N)C(=O)N(C)CC(=O)Nc1ccc(Cl)c(C(F)(F)F)c1. The Morgan fingerprint density at radius 1 is 1.33 bits per heavy atom. The molecule has 0 saturated carbocycles. The standard InChI is InChI=1S/C15H19ClF3N3O2/c1-8(2)13(20)14(24)22(3)7-12(23)21-9-4-5-11(16)10(6-9)15(17,18)19/h4-6,8,13H,7,20H2,1-3H3,(H,21,23)/t13-/m0/s1. The zero-order valence-electron chi connectivity index (χ0n) is 13.4. The van der Waals surface area contributed by atoms with E-state index in [1.165, 1.54) is 13.1 Å². The number of hydrogen-bond acceptors (Lipinski definition) is 3. The van der Waals surface area contributed by atoms with E-state index in [-0.39, 0.29) is 18.2 Å². The summed E-state index contributed by atoms with van der Waals surface area (Å²) in [6, 6.07) is 2.28. The lowest BCUT2D eigenvalue weighted by Gasteiger charge is -2.23. The molecular weight excluding hydrogens is 347 g/mol. The van der Waals surface area contributed by atoms with Crippen molar-refractivity contribution in [2.75, 3.05) is 18.9 Å². The summed E-state index contributed by atoms with van der Waals surface area (Å²) in [4.78, 5) is 25.0. The van der Waals surface area contributed by atoms with Crippen LogP contribution in [0, 0.1) is 5.92 Å². The van der Waals surface area contributed by atoms with Crippen molar-refractivity contribution in [3.63, 3.8) is 0 Å². The Morgan fingerprint density at radius 2 is 1.92 bits per heavy atom. The molecule has 1 aromatic rings. The van der Waals surface area contributed by atoms with Crippen LogP contribution in [-0.4, -0.2) is 36.3 Å². The monoisotopic (exact) mass is 365 g/mol. The van der Waals surface area contributed by atoms with E-state index in [2.05, 4.69) is 5.32 Å². The third kappa shape index (κ3) is 5.38. The summed E-state index contributed by atoms with van der Waals surface area (Å²) in [5, 5.41) is 1.84. The number of carbonyl (C=O) groups is 2. The smallest absolute Gasteiger partial charge is 0.335 e. The van der Waals surface area contributed by atoms with Crippen molar-refractivity contribution in [1.29, 1.82) is 0 Å². The van der Waals surface area contributed by atoms with Gasteiger partial charge in [-0.3, -0.25) is 9.59 Å². The molecule has 9 heteroatoms. The normalized spacial score (nSPS) is 12.9. The van der Waals surface area contributed by atoms with E-state index in [1.807, 2.05) is 0 Å². The Balaban J connectivity index is 2.77. The van der Waals surface area contributed by atoms with Crippen molar-refractivity contribution >= 4 is 29.1 Å². The highest BCUT2D eigenvalue weighted by atomic mass is 35.5. The fraction of sp³-hybridized carbons (Fsp3) is 0.467. The first-order chi connectivity index (χ1) is 10.9. The number of carbonyl (C=O) groups excluding carboxylic acids is 2. The predicted molar refractivity (Wildman–Crippen MR) is 85.5 cm³/mol. The van der Waals surface area contributed by atoms with Crippen LogP contribution in [0.25, 0.3) is 0 Å². The zero-order chi connectivity index (χ0) is 18.7. The lowest BCUT2D eigenvalue weighted by molar-refractivity contribution is -0.137. The number of nitrogens with zero attached hydrogens (tertiary/aromatic N) is 1. The fourth-order valence-electron chi connectivity index (χ4n) is 1.85. The number of amides is 2. The lowest BCUT2D eigenvalue weighted by atomic mass is 10.0. The van der Waals surface area contributed by atoms with Gasteiger partial charge in [0.2, 0.25) is 11.8 Å². The molecule has 0 aliphatic carbocycles. The van der Waals surface area contributed by atoms with Crippen LogP contribution in [0.4, 0.5) is 18.9 Å². The zero-order valence-corrected chi connectivity index (χ0v) is 14.2. The van der Waals surface area contributed by atoms with Crippen LogP contribution in [0.1, 0.15) is 19.4 Å². The third-order valence-electron chi connectivity index (χ3n) is 3.32. The van der Waals surface area contributed by atoms with Crippen molar-refractivity contribution in [3.8, 4) is 0 Å². The molecule has 134 valence electrons. The van der Waals surface area contributed by atoms with E-state index in [4.69, 9.17) is 17.3 Å². The van der Waals surface area contributed by atoms with Crippen LogP contribution >= 0.6 is 11.6 Å². The average Bonchev–Trinajstić information content (AvgIpc) is 2.46. The molecular formula is C15H19ClF3N3O2. The Labute approximate surface area is 142 Å². The van der Waals surface area contributed by atoms with Gasteiger partial charge in [0, 0.05) is 12.7 Å². The van der Waals surface area contributed by atoms with Gasteiger partial charge in [0.1, 0.15) is 0 Å². The predicted octanol–water partition coefficient (Wildman–Crippen LogP) is 2.74. The molecule has 0 bridgehead atoms. The summed E-state index contributed by atoms with van der Waals surface area (Å²) in [5.41, 5.74) is 4.60. The molecule has 1 aromatic carbocycles. The van der Waals surface area contributed by atoms with E-state index >= 15 is 0 Å². The number of anilines is 1. The molecule has 24 heavy (non-hydrogen) atoms. The van der Waals surface area contributed by atoms with Crippen molar-refractivity contribution < 1.29 is 22.8 Å². The topological polar surface area (TPSA) is 75.4 Å². The molecule has 0 aromatic heterocycles. The number of nitrogens with one attached hydrogen (secondary N) is 1. The van der Waals surface area contributed by atoms with E-state index in [0.717, 1.165) is 17.0 Å². The molecule has 5 nitrogen and oxygen atoms in total. The summed E-state index contributed by atoms with van der Waals surface area (Å²) < 4.78 is 38.3. The van der Waals surface area contributed by atoms with E-state index in [0.29, 0.717) is 0 Å². The van der Waals surface area contributed by atoms with Crippen molar-refractivity contribution in [3.05, 3.63) is 28.8 Å². The highest BCUT2D eigenvalue weighted by Crippen LogP contribution is 2.36. The van der Waals surface area contributed by atoms with Crippen molar-refractivity contribution in [2.45, 2.75) is 26.1 Å². The molecule has 2 amide bonds. The Kier molecular flexibility index (Phi) is 6.62. The van der Waals surface area contributed by atoms with E-state index in [9.17, 15) is 22.8 Å². The summed E-state index contributed by atoms with van der Waals surface area (Å²) >= 11 is 5.51. The van der Waals surface area contributed by atoms with Gasteiger partial charge in [0.05, 0.1) is 23.2 Å². The van der Waals surface area contributed by atoms with E-state index in [1.54, 1.807) is 13.8 Å². The van der Waals surface area contributed by atoms with Gasteiger partial charge in [-0.05, 0) is 24.1 Å². The summed E-state index contributed by atoms with van der Waals surface area (Å²) in [5.74, 6) is -1.17. The maximum Gasteiger partial charge on any atom is 0.417 e. The highest BCUT2D eigenvalue weighted by Gasteiger charge is 2.33. The van der Waals surface area contributed by atoms with Crippen molar-refractivity contribution in [2.24, 2.45) is 11.7 Å². The molecule has 0 radical (unpaired) electrons. The van der Waals surface area contributed by atoms with Gasteiger partial charge in [0.25, 0.3) is 0 Å². The molecule has 1 rings (SSSR count). The Morgan fingerprint density at radius 3 is 2.42 bits per heavy atom. The maximum atomic E-state index is 12.8. The minimum absolute atomic E-state index is 0.0641. The first kappa shape index (κ1) is 20.2. The summed E-state index contributed by atoms with van der Waals surface area (Å²) in [6.45, 7) is 3.20. The van der Waals surface area contributed by atoms with Gasteiger partial charge in [0.15, 0.2) is 0 Å². The fourth-order valence-corrected chi connectivity index (χ4v) is 2.08. The van der Waals surface area contributed by atoms with Crippen LogP contribution in [0.15, 0.2) is 18.2 Å². The minimum atomic E-state index is -4.63. The Hall–Kier alpha value is -1.80. The van der Waals surface area contributed by atoms with Gasteiger partial charge in [-0.25, -0.2) is 0 Å². The van der Waals surface area contributed by atoms with Gasteiger partial charge in [-0.15, -0.1) is 0 Å². The minimum Gasteiger partial charge on any atom is -0.335 e. The van der Waals surface area contributed by atoms with Crippen LogP contribution < -0.4 is 11.1 Å². The van der Waals surface area contributed by atoms with Crippen LogP contribution in [-0.2, 0) is 15.8 Å². The third-order valence-corrected chi connectivity index (χ3v) is 3.65. The Bertz CT molecular complexity index is 620. The maximum absolute atomic E-state index is 12.8. The lowest BCUT2D eigenvalue weighted by Crippen LogP contribution is -2.47. The summed E-state index contributed by atoms with van der Waals surface area (Å²) in [7, 11) is 1.40. The molecule has 0 saturated heterocycles. The molecule has 0 aliphatic rings. The summed E-state index contributed by atoms with van der Waals surface area (Å²) in [6.07, 6.45) is -4.63. The number of likely N-dealkylation sites (N-methyl/N-ethyl adjacent to an activating group) is 1. The molecule has 0 unspecified atom stereocenters. The largest absolute Gasteiger partial charge is 0.417 e. The van der Waals surface area contributed by atoms with Crippen LogP contribution in [0.5, 0.6) is 0 Å². The molecule has 0 spiro atoms. The molecule has 0 heterocycles. The molecule has 0 aliphatic heterocycles. The second kappa shape index (κ2) is 7.85. The number of halogens is 4. The highest BCUT2D eigenvalue weighted by molar-refractivity contribution is 6.31. The second-order valence-electron chi connectivity index (χ2n) is 5.70. The number of alkyl halides is 3. The van der Waals surface area contributed by atoms with Crippen LogP contribution in [0.2, 0.25) is 5.02 Å². The second-order valence-corrected chi connectivity index (χ2v) is 6.11. The quantitative estimate of drug-likeness (QED) is 0.842. The number of rotatable bonds is 5. The molecule has 0 fully saturated rings. The number of hydrogen-bond donors (Lipinski definition) is 2. The molecule has 1 atom stereocenters. The van der Waals surface area contributed by atoms with Gasteiger partial charge in [-0.1, -0.05) is 25.4 Å². The molecule has 3 N–H and O–H groups in total.